The van der Waals surface area contributed by atoms with E-state index in [-0.39, 0.29) is 17.6 Å². The molecule has 0 radical (unpaired) electrons. The molecule has 140 valence electrons. The zero-order valence-electron chi connectivity index (χ0n) is 15.2. The van der Waals surface area contributed by atoms with Crippen LogP contribution in [0.15, 0.2) is 48.8 Å². The number of amides is 2. The third-order valence-electron chi connectivity index (χ3n) is 5.62. The fourth-order valence-corrected chi connectivity index (χ4v) is 4.38. The highest BCUT2D eigenvalue weighted by molar-refractivity contribution is 6.00. The van der Waals surface area contributed by atoms with Crippen molar-refractivity contribution >= 4 is 11.8 Å². The minimum Gasteiger partial charge on any atom is -0.506 e. The fraction of sp³-hybridized carbons (Fsp3) is 0.381. The van der Waals surface area contributed by atoms with E-state index in [2.05, 4.69) is 4.98 Å². The van der Waals surface area contributed by atoms with Crippen LogP contribution in [-0.2, 0) is 11.3 Å². The molecular formula is C21H23N3O3. The average molecular weight is 365 g/mol. The third-order valence-corrected chi connectivity index (χ3v) is 5.62. The number of hydrogen-bond acceptors (Lipinski definition) is 4. The zero-order valence-corrected chi connectivity index (χ0v) is 15.2. The van der Waals surface area contributed by atoms with Gasteiger partial charge in [0.25, 0.3) is 5.91 Å². The van der Waals surface area contributed by atoms with Crippen molar-refractivity contribution in [3.63, 3.8) is 0 Å². The quantitative estimate of drug-likeness (QED) is 0.907. The fourth-order valence-electron chi connectivity index (χ4n) is 4.38. The molecule has 6 heteroatoms. The Morgan fingerprint density at radius 2 is 1.85 bits per heavy atom. The van der Waals surface area contributed by atoms with Gasteiger partial charge < -0.3 is 14.9 Å². The molecule has 27 heavy (non-hydrogen) atoms. The Kier molecular flexibility index (Phi) is 4.56. The molecule has 2 saturated heterocycles. The minimum atomic E-state index is -0.768. The summed E-state index contributed by atoms with van der Waals surface area (Å²) in [5.41, 5.74) is 0.649. The summed E-state index contributed by atoms with van der Waals surface area (Å²) in [5, 5.41) is 9.66. The zero-order chi connectivity index (χ0) is 18.9. The van der Waals surface area contributed by atoms with Gasteiger partial charge in [0.15, 0.2) is 0 Å². The summed E-state index contributed by atoms with van der Waals surface area (Å²) >= 11 is 0. The third kappa shape index (κ3) is 3.16. The van der Waals surface area contributed by atoms with Gasteiger partial charge in [-0.1, -0.05) is 30.3 Å². The van der Waals surface area contributed by atoms with Gasteiger partial charge in [-0.05, 0) is 37.3 Å². The smallest absolute Gasteiger partial charge is 0.256 e. The van der Waals surface area contributed by atoms with Crippen molar-refractivity contribution in [1.82, 2.24) is 14.8 Å². The molecule has 1 aromatic carbocycles. The topological polar surface area (TPSA) is 73.7 Å². The first-order valence-electron chi connectivity index (χ1n) is 9.39. The summed E-state index contributed by atoms with van der Waals surface area (Å²) in [6, 6.07) is 11.4. The Hall–Kier alpha value is -2.89. The number of hydrogen-bond donors (Lipinski definition) is 1. The van der Waals surface area contributed by atoms with E-state index in [0.717, 1.165) is 18.4 Å². The van der Waals surface area contributed by atoms with E-state index in [1.54, 1.807) is 4.90 Å². The Labute approximate surface area is 158 Å². The van der Waals surface area contributed by atoms with Crippen LogP contribution in [0, 0.1) is 0 Å². The van der Waals surface area contributed by atoms with E-state index in [0.29, 0.717) is 38.0 Å². The predicted octanol–water partition coefficient (Wildman–Crippen LogP) is 2.58. The van der Waals surface area contributed by atoms with Crippen LogP contribution in [0.1, 0.15) is 41.6 Å². The largest absolute Gasteiger partial charge is 0.506 e. The maximum Gasteiger partial charge on any atom is 0.256 e. The van der Waals surface area contributed by atoms with Gasteiger partial charge in [-0.3, -0.25) is 14.6 Å². The number of carbonyl (C=O) groups is 2. The van der Waals surface area contributed by atoms with Crippen LogP contribution in [0.25, 0.3) is 0 Å². The molecule has 6 nitrogen and oxygen atoms in total. The number of aromatic hydroxyl groups is 1. The van der Waals surface area contributed by atoms with Crippen LogP contribution >= 0.6 is 0 Å². The van der Waals surface area contributed by atoms with Crippen molar-refractivity contribution in [2.45, 2.75) is 37.8 Å². The number of nitrogens with zero attached hydrogens (tertiary/aromatic N) is 3. The number of benzene rings is 1. The lowest BCUT2D eigenvalue weighted by atomic mass is 9.84. The first-order chi connectivity index (χ1) is 13.1. The highest BCUT2D eigenvalue weighted by atomic mass is 16.3. The average Bonchev–Trinajstić information content (AvgIpc) is 3.10. The Morgan fingerprint density at radius 1 is 1.11 bits per heavy atom. The van der Waals surface area contributed by atoms with E-state index in [1.165, 1.54) is 18.5 Å². The van der Waals surface area contributed by atoms with E-state index >= 15 is 0 Å². The molecule has 2 aliphatic rings. The molecule has 3 heterocycles. The second-order valence-corrected chi connectivity index (χ2v) is 7.34. The summed E-state index contributed by atoms with van der Waals surface area (Å²) in [5.74, 6) is -0.239. The molecule has 0 saturated carbocycles. The van der Waals surface area contributed by atoms with Crippen molar-refractivity contribution in [2.75, 3.05) is 13.1 Å². The van der Waals surface area contributed by atoms with Crippen LogP contribution in [0.4, 0.5) is 0 Å². The number of pyridine rings is 1. The lowest BCUT2D eigenvalue weighted by Crippen LogP contribution is -2.61. The van der Waals surface area contributed by atoms with Gasteiger partial charge in [-0.15, -0.1) is 0 Å². The molecule has 1 aromatic heterocycles. The Morgan fingerprint density at radius 3 is 2.59 bits per heavy atom. The lowest BCUT2D eigenvalue weighted by molar-refractivity contribution is -0.146. The molecule has 2 aliphatic heterocycles. The number of rotatable bonds is 3. The number of aromatic nitrogens is 1. The summed E-state index contributed by atoms with van der Waals surface area (Å²) in [6.45, 7) is 1.84. The first kappa shape index (κ1) is 17.5. The van der Waals surface area contributed by atoms with Gasteiger partial charge in [0.05, 0.1) is 11.8 Å². The van der Waals surface area contributed by atoms with Crippen molar-refractivity contribution in [2.24, 2.45) is 0 Å². The standard InChI is InChI=1S/C21H23N3O3/c25-18-12-17(13-22-14-18)19(26)24-11-5-9-21(24)8-4-10-23(20(21)27)15-16-6-2-1-3-7-16/h1-3,6-7,12-14,25H,4-5,8-11,15H2. The number of carbonyl (C=O) groups excluding carboxylic acids is 2. The molecule has 1 N–H and O–H groups in total. The molecular weight excluding hydrogens is 342 g/mol. The van der Waals surface area contributed by atoms with Crippen molar-refractivity contribution in [3.8, 4) is 5.75 Å². The summed E-state index contributed by atoms with van der Waals surface area (Å²) in [6.07, 6.45) is 5.81. The molecule has 1 unspecified atom stereocenters. The van der Waals surface area contributed by atoms with Gasteiger partial charge in [0.1, 0.15) is 11.3 Å². The normalized spacial score (nSPS) is 22.4. The van der Waals surface area contributed by atoms with Crippen LogP contribution in [-0.4, -0.2) is 50.3 Å². The number of piperidine rings is 1. The van der Waals surface area contributed by atoms with Gasteiger partial charge in [0.2, 0.25) is 5.91 Å². The van der Waals surface area contributed by atoms with Crippen LogP contribution in [0.3, 0.4) is 0 Å². The molecule has 0 aliphatic carbocycles. The molecule has 2 fully saturated rings. The van der Waals surface area contributed by atoms with Crippen molar-refractivity contribution in [1.29, 1.82) is 0 Å². The van der Waals surface area contributed by atoms with Crippen molar-refractivity contribution in [3.05, 3.63) is 59.9 Å². The highest BCUT2D eigenvalue weighted by Crippen LogP contribution is 2.39. The second-order valence-electron chi connectivity index (χ2n) is 7.34. The van der Waals surface area contributed by atoms with Crippen molar-refractivity contribution < 1.29 is 14.7 Å². The summed E-state index contributed by atoms with van der Waals surface area (Å²) < 4.78 is 0. The van der Waals surface area contributed by atoms with Crippen LogP contribution in [0.2, 0.25) is 0 Å². The summed E-state index contributed by atoms with van der Waals surface area (Å²) in [7, 11) is 0. The van der Waals surface area contributed by atoms with E-state index in [1.807, 2.05) is 35.2 Å². The molecule has 4 rings (SSSR count). The van der Waals surface area contributed by atoms with Crippen LogP contribution < -0.4 is 0 Å². The highest BCUT2D eigenvalue weighted by Gasteiger charge is 2.52. The van der Waals surface area contributed by atoms with Gasteiger partial charge in [0, 0.05) is 25.8 Å². The first-order valence-corrected chi connectivity index (χ1v) is 9.39. The summed E-state index contributed by atoms with van der Waals surface area (Å²) in [4.78, 5) is 34.0. The number of likely N-dealkylation sites (tertiary alicyclic amines) is 2. The van der Waals surface area contributed by atoms with E-state index in [4.69, 9.17) is 0 Å². The Bertz CT molecular complexity index is 855. The van der Waals surface area contributed by atoms with Crippen LogP contribution in [0.5, 0.6) is 5.75 Å². The maximum absolute atomic E-state index is 13.4. The monoisotopic (exact) mass is 365 g/mol. The Balaban J connectivity index is 1.60. The maximum atomic E-state index is 13.4. The lowest BCUT2D eigenvalue weighted by Gasteiger charge is -2.44. The SMILES string of the molecule is O=C(c1cncc(O)c1)N1CCCC12CCCN(Cc1ccccc1)C2=O. The molecule has 2 amide bonds. The second kappa shape index (κ2) is 7.02. The molecule has 1 spiro atoms. The molecule has 0 bridgehead atoms. The van der Waals surface area contributed by atoms with E-state index in [9.17, 15) is 14.7 Å². The molecule has 2 aromatic rings. The van der Waals surface area contributed by atoms with Gasteiger partial charge >= 0.3 is 0 Å². The van der Waals surface area contributed by atoms with Gasteiger partial charge in [-0.2, -0.15) is 0 Å². The van der Waals surface area contributed by atoms with Gasteiger partial charge in [-0.25, -0.2) is 0 Å². The van der Waals surface area contributed by atoms with E-state index < -0.39 is 5.54 Å². The minimum absolute atomic E-state index is 0.0385. The predicted molar refractivity (Wildman–Crippen MR) is 100.0 cm³/mol. The molecule has 1 atom stereocenters.